The first-order chi connectivity index (χ1) is 7.24. The number of anilines is 1. The van der Waals surface area contributed by atoms with Crippen LogP contribution in [0.25, 0.3) is 0 Å². The molecule has 2 rings (SSSR count). The van der Waals surface area contributed by atoms with E-state index in [1.807, 2.05) is 26.4 Å². The Labute approximate surface area is 88.2 Å². The maximum Gasteiger partial charge on any atom is 0.222 e. The molecule has 0 spiro atoms. The minimum Gasteiger partial charge on any atom is -0.350 e. The van der Waals surface area contributed by atoms with Crippen LogP contribution < -0.4 is 5.32 Å². The maximum absolute atomic E-state index is 4.15. The summed E-state index contributed by atoms with van der Waals surface area (Å²) < 4.78 is 1.77. The van der Waals surface area contributed by atoms with Crippen LogP contribution in [0.15, 0.2) is 24.8 Å². The van der Waals surface area contributed by atoms with E-state index in [4.69, 9.17) is 0 Å². The van der Waals surface area contributed by atoms with Gasteiger partial charge in [-0.1, -0.05) is 0 Å². The van der Waals surface area contributed by atoms with Gasteiger partial charge in [0.25, 0.3) is 0 Å². The third-order valence-electron chi connectivity index (χ3n) is 1.99. The zero-order chi connectivity index (χ0) is 10.7. The molecule has 0 unspecified atom stereocenters. The molecule has 0 aliphatic heterocycles. The molecule has 0 aliphatic carbocycles. The Balaban J connectivity index is 1.96. The van der Waals surface area contributed by atoms with E-state index in [0.29, 0.717) is 12.5 Å². The van der Waals surface area contributed by atoms with Crippen molar-refractivity contribution in [2.45, 2.75) is 13.5 Å². The second-order valence-corrected chi connectivity index (χ2v) is 3.46. The fraction of sp³-hybridized carbons (Fsp3) is 0.300. The van der Waals surface area contributed by atoms with E-state index in [0.717, 1.165) is 11.1 Å². The van der Waals surface area contributed by atoms with Crippen molar-refractivity contribution in [1.29, 1.82) is 0 Å². The Kier molecular flexibility index (Phi) is 2.62. The normalized spacial score (nSPS) is 10.3. The Morgan fingerprint density at radius 3 is 2.60 bits per heavy atom. The second-order valence-electron chi connectivity index (χ2n) is 3.46. The summed E-state index contributed by atoms with van der Waals surface area (Å²) >= 11 is 0. The van der Waals surface area contributed by atoms with Gasteiger partial charge in [-0.2, -0.15) is 5.10 Å². The van der Waals surface area contributed by atoms with Crippen LogP contribution in [0.2, 0.25) is 0 Å². The van der Waals surface area contributed by atoms with Gasteiger partial charge in [0.1, 0.15) is 0 Å². The Hall–Kier alpha value is -1.91. The van der Waals surface area contributed by atoms with Crippen molar-refractivity contribution >= 4 is 5.95 Å². The van der Waals surface area contributed by atoms with Gasteiger partial charge >= 0.3 is 0 Å². The van der Waals surface area contributed by atoms with E-state index in [2.05, 4.69) is 20.4 Å². The van der Waals surface area contributed by atoms with Crippen LogP contribution in [0.4, 0.5) is 5.95 Å². The average Bonchev–Trinajstić information content (AvgIpc) is 2.64. The molecule has 0 fully saturated rings. The van der Waals surface area contributed by atoms with Gasteiger partial charge in [-0.15, -0.1) is 0 Å². The summed E-state index contributed by atoms with van der Waals surface area (Å²) in [6.07, 6.45) is 7.36. The molecule has 0 amide bonds. The Morgan fingerprint density at radius 2 is 2.00 bits per heavy atom. The number of hydrogen-bond acceptors (Lipinski definition) is 4. The quantitative estimate of drug-likeness (QED) is 0.812. The molecule has 78 valence electrons. The number of rotatable bonds is 3. The van der Waals surface area contributed by atoms with Gasteiger partial charge in [-0.05, 0) is 12.5 Å². The number of nitrogens with one attached hydrogen (secondary N) is 1. The van der Waals surface area contributed by atoms with Crippen LogP contribution in [0.3, 0.4) is 0 Å². The minimum atomic E-state index is 0.643. The van der Waals surface area contributed by atoms with Crippen molar-refractivity contribution < 1.29 is 0 Å². The third-order valence-corrected chi connectivity index (χ3v) is 1.99. The third kappa shape index (κ3) is 2.52. The van der Waals surface area contributed by atoms with E-state index < -0.39 is 0 Å². The van der Waals surface area contributed by atoms with E-state index in [1.54, 1.807) is 17.1 Å². The molecule has 2 heterocycles. The molecule has 5 heteroatoms. The summed E-state index contributed by atoms with van der Waals surface area (Å²) in [6, 6.07) is 0. The Bertz CT molecular complexity index is 431. The van der Waals surface area contributed by atoms with Gasteiger partial charge in [0.05, 0.1) is 6.20 Å². The van der Waals surface area contributed by atoms with Crippen LogP contribution >= 0.6 is 0 Å². The lowest BCUT2D eigenvalue weighted by Gasteiger charge is -2.01. The first-order valence-electron chi connectivity index (χ1n) is 4.74. The zero-order valence-corrected chi connectivity index (χ0v) is 8.81. The van der Waals surface area contributed by atoms with Crippen LogP contribution in [0, 0.1) is 6.92 Å². The van der Waals surface area contributed by atoms with Gasteiger partial charge in [0.15, 0.2) is 0 Å². The fourth-order valence-corrected chi connectivity index (χ4v) is 1.23. The molecule has 0 saturated carbocycles. The first-order valence-corrected chi connectivity index (χ1v) is 4.74. The van der Waals surface area contributed by atoms with Gasteiger partial charge in [0.2, 0.25) is 5.95 Å². The smallest absolute Gasteiger partial charge is 0.222 e. The summed E-state index contributed by atoms with van der Waals surface area (Å²) in [6.45, 7) is 2.65. The summed E-state index contributed by atoms with van der Waals surface area (Å²) in [5.74, 6) is 0.643. The maximum atomic E-state index is 4.15. The molecule has 2 aromatic heterocycles. The highest BCUT2D eigenvalue weighted by molar-refractivity contribution is 5.26. The highest BCUT2D eigenvalue weighted by Crippen LogP contribution is 2.02. The number of aryl methyl sites for hydroxylation is 2. The van der Waals surface area contributed by atoms with E-state index in [9.17, 15) is 0 Å². The largest absolute Gasteiger partial charge is 0.350 e. The molecule has 0 atom stereocenters. The van der Waals surface area contributed by atoms with Crippen molar-refractivity contribution in [2.75, 3.05) is 5.32 Å². The molecule has 1 N–H and O–H groups in total. The lowest BCUT2D eigenvalue weighted by Crippen LogP contribution is -2.02. The van der Waals surface area contributed by atoms with Crippen molar-refractivity contribution in [3.8, 4) is 0 Å². The standard InChI is InChI=1S/C10H13N5/c1-8-3-11-10(12-4-8)13-5-9-6-14-15(2)7-9/h3-4,6-7H,5H2,1-2H3,(H,11,12,13). The van der Waals surface area contributed by atoms with E-state index >= 15 is 0 Å². The van der Waals surface area contributed by atoms with Gasteiger partial charge in [-0.25, -0.2) is 9.97 Å². The first kappa shape index (κ1) is 9.64. The number of hydrogen-bond donors (Lipinski definition) is 1. The lowest BCUT2D eigenvalue weighted by molar-refractivity contribution is 0.767. The Morgan fingerprint density at radius 1 is 1.27 bits per heavy atom. The number of nitrogens with zero attached hydrogens (tertiary/aromatic N) is 4. The van der Waals surface area contributed by atoms with Crippen molar-refractivity contribution in [1.82, 2.24) is 19.7 Å². The molecule has 5 nitrogen and oxygen atoms in total. The van der Waals surface area contributed by atoms with Gasteiger partial charge < -0.3 is 5.32 Å². The molecular formula is C10H13N5. The molecule has 0 bridgehead atoms. The van der Waals surface area contributed by atoms with Gasteiger partial charge in [-0.3, -0.25) is 4.68 Å². The summed E-state index contributed by atoms with van der Waals surface area (Å²) in [5, 5.41) is 7.20. The SMILES string of the molecule is Cc1cnc(NCc2cnn(C)c2)nc1. The predicted molar refractivity (Wildman–Crippen MR) is 57.3 cm³/mol. The van der Waals surface area contributed by atoms with Crippen LogP contribution in [-0.4, -0.2) is 19.7 Å². The molecular weight excluding hydrogens is 190 g/mol. The minimum absolute atomic E-state index is 0.643. The second kappa shape index (κ2) is 4.08. The van der Waals surface area contributed by atoms with E-state index in [-0.39, 0.29) is 0 Å². The lowest BCUT2D eigenvalue weighted by atomic mass is 10.3. The van der Waals surface area contributed by atoms with Crippen molar-refractivity contribution in [3.05, 3.63) is 35.9 Å². The van der Waals surface area contributed by atoms with Crippen LogP contribution in [0.5, 0.6) is 0 Å². The van der Waals surface area contributed by atoms with Crippen LogP contribution in [0.1, 0.15) is 11.1 Å². The monoisotopic (exact) mass is 203 g/mol. The molecule has 0 radical (unpaired) electrons. The number of aromatic nitrogens is 4. The zero-order valence-electron chi connectivity index (χ0n) is 8.81. The summed E-state index contributed by atoms with van der Waals surface area (Å²) in [7, 11) is 1.89. The molecule has 0 aromatic carbocycles. The summed E-state index contributed by atoms with van der Waals surface area (Å²) in [4.78, 5) is 8.30. The van der Waals surface area contributed by atoms with Crippen LogP contribution in [-0.2, 0) is 13.6 Å². The summed E-state index contributed by atoms with van der Waals surface area (Å²) in [5.41, 5.74) is 2.17. The topological polar surface area (TPSA) is 55.6 Å². The molecule has 0 saturated heterocycles. The van der Waals surface area contributed by atoms with Crippen molar-refractivity contribution in [2.24, 2.45) is 7.05 Å². The molecule has 2 aromatic rings. The average molecular weight is 203 g/mol. The molecule has 15 heavy (non-hydrogen) atoms. The van der Waals surface area contributed by atoms with E-state index in [1.165, 1.54) is 0 Å². The van der Waals surface area contributed by atoms with Crippen molar-refractivity contribution in [3.63, 3.8) is 0 Å². The fourth-order valence-electron chi connectivity index (χ4n) is 1.23. The van der Waals surface area contributed by atoms with Gasteiger partial charge in [0, 0.05) is 37.7 Å². The molecule has 0 aliphatic rings. The highest BCUT2D eigenvalue weighted by atomic mass is 15.2. The highest BCUT2D eigenvalue weighted by Gasteiger charge is 1.97. The predicted octanol–water partition coefficient (Wildman–Crippen LogP) is 1.13.